The molecule has 27 heavy (non-hydrogen) atoms. The van der Waals surface area contributed by atoms with Crippen LogP contribution >= 0.6 is 15.9 Å². The van der Waals surface area contributed by atoms with Gasteiger partial charge in [-0.2, -0.15) is 5.10 Å². The number of nitrogens with zero attached hydrogens (tertiary/aromatic N) is 3. The fraction of sp³-hybridized carbons (Fsp3) is 0.474. The number of carbonyl (C=O) groups is 1. The van der Waals surface area contributed by atoms with Gasteiger partial charge in [0.2, 0.25) is 0 Å². The Kier molecular flexibility index (Phi) is 6.64. The van der Waals surface area contributed by atoms with Crippen molar-refractivity contribution in [1.82, 2.24) is 20.0 Å². The molecule has 1 aliphatic heterocycles. The van der Waals surface area contributed by atoms with Crippen LogP contribution in [0.15, 0.2) is 28.7 Å². The summed E-state index contributed by atoms with van der Waals surface area (Å²) >= 11 is 3.42. The largest absolute Gasteiger partial charge is 0.390 e. The summed E-state index contributed by atoms with van der Waals surface area (Å²) in [7, 11) is 0. The first-order chi connectivity index (χ1) is 13.0. The Morgan fingerprint density at radius 2 is 1.96 bits per heavy atom. The van der Waals surface area contributed by atoms with Crippen molar-refractivity contribution >= 4 is 21.8 Å². The van der Waals surface area contributed by atoms with E-state index in [4.69, 9.17) is 4.74 Å². The molecule has 2 N–H and O–H groups in total. The second-order valence-corrected chi connectivity index (χ2v) is 7.63. The zero-order chi connectivity index (χ0) is 19.4. The van der Waals surface area contributed by atoms with Crippen LogP contribution in [0.1, 0.15) is 21.7 Å². The van der Waals surface area contributed by atoms with Gasteiger partial charge in [0.15, 0.2) is 0 Å². The van der Waals surface area contributed by atoms with Crippen LogP contribution in [0.3, 0.4) is 0 Å². The van der Waals surface area contributed by atoms with Crippen molar-refractivity contribution in [2.45, 2.75) is 20.0 Å². The SMILES string of the molecule is Cc1nn(-c2ccc(Br)cc2)c(C)c1C(=O)NCC(O)CN1CCOCC1. The van der Waals surface area contributed by atoms with Gasteiger partial charge in [0.05, 0.1) is 42.0 Å². The van der Waals surface area contributed by atoms with Crippen molar-refractivity contribution in [2.75, 3.05) is 39.4 Å². The summed E-state index contributed by atoms with van der Waals surface area (Å²) in [5, 5.41) is 17.6. The third-order valence-electron chi connectivity index (χ3n) is 4.66. The molecule has 1 amide bonds. The third-order valence-corrected chi connectivity index (χ3v) is 5.19. The number of hydrogen-bond acceptors (Lipinski definition) is 5. The molecule has 1 fully saturated rings. The van der Waals surface area contributed by atoms with Crippen molar-refractivity contribution in [3.8, 4) is 5.69 Å². The highest BCUT2D eigenvalue weighted by Gasteiger charge is 2.21. The minimum absolute atomic E-state index is 0.207. The number of rotatable bonds is 6. The van der Waals surface area contributed by atoms with Crippen LogP contribution in [-0.2, 0) is 4.74 Å². The van der Waals surface area contributed by atoms with E-state index in [1.165, 1.54) is 0 Å². The highest BCUT2D eigenvalue weighted by atomic mass is 79.9. The van der Waals surface area contributed by atoms with Crippen LogP contribution < -0.4 is 5.32 Å². The van der Waals surface area contributed by atoms with E-state index < -0.39 is 6.10 Å². The van der Waals surface area contributed by atoms with E-state index in [1.54, 1.807) is 4.68 Å². The van der Waals surface area contributed by atoms with Gasteiger partial charge in [0, 0.05) is 30.7 Å². The fourth-order valence-corrected chi connectivity index (χ4v) is 3.51. The van der Waals surface area contributed by atoms with Crippen LogP contribution in [0.2, 0.25) is 0 Å². The molecular formula is C19H25BrN4O3. The van der Waals surface area contributed by atoms with Crippen LogP contribution in [0.4, 0.5) is 0 Å². The Bertz CT molecular complexity index is 785. The molecule has 0 bridgehead atoms. The number of ether oxygens (including phenoxy) is 1. The van der Waals surface area contributed by atoms with E-state index in [-0.39, 0.29) is 12.5 Å². The molecule has 1 aromatic carbocycles. The van der Waals surface area contributed by atoms with E-state index in [9.17, 15) is 9.90 Å². The van der Waals surface area contributed by atoms with Gasteiger partial charge in [-0.15, -0.1) is 0 Å². The number of aliphatic hydroxyl groups is 1. The summed E-state index contributed by atoms with van der Waals surface area (Å²) in [5.74, 6) is -0.214. The maximum atomic E-state index is 12.7. The van der Waals surface area contributed by atoms with Crippen LogP contribution in [0, 0.1) is 13.8 Å². The van der Waals surface area contributed by atoms with Crippen molar-refractivity contribution in [1.29, 1.82) is 0 Å². The normalized spacial score (nSPS) is 16.3. The minimum atomic E-state index is -0.616. The number of nitrogens with one attached hydrogen (secondary N) is 1. The lowest BCUT2D eigenvalue weighted by Gasteiger charge is -2.28. The lowest BCUT2D eigenvalue weighted by atomic mass is 10.1. The van der Waals surface area contributed by atoms with Crippen LogP contribution in [0.5, 0.6) is 0 Å². The van der Waals surface area contributed by atoms with Crippen LogP contribution in [0.25, 0.3) is 5.69 Å². The lowest BCUT2D eigenvalue weighted by Crippen LogP contribution is -2.44. The molecule has 0 radical (unpaired) electrons. The Labute approximate surface area is 167 Å². The Balaban J connectivity index is 1.63. The van der Waals surface area contributed by atoms with E-state index in [1.807, 2.05) is 38.1 Å². The first-order valence-electron chi connectivity index (χ1n) is 9.04. The molecule has 2 heterocycles. The molecule has 146 valence electrons. The van der Waals surface area contributed by atoms with Gasteiger partial charge in [0.1, 0.15) is 0 Å². The third kappa shape index (κ3) is 4.95. The molecule has 8 heteroatoms. The monoisotopic (exact) mass is 436 g/mol. The Hall–Kier alpha value is -1.74. The molecule has 2 aromatic rings. The van der Waals surface area contributed by atoms with Crippen molar-refractivity contribution in [2.24, 2.45) is 0 Å². The second-order valence-electron chi connectivity index (χ2n) is 6.71. The average molecular weight is 437 g/mol. The summed E-state index contributed by atoms with van der Waals surface area (Å²) in [5.41, 5.74) is 2.88. The quantitative estimate of drug-likeness (QED) is 0.719. The number of amides is 1. The average Bonchev–Trinajstić information content (AvgIpc) is 2.95. The Morgan fingerprint density at radius 1 is 1.30 bits per heavy atom. The predicted molar refractivity (Wildman–Crippen MR) is 106 cm³/mol. The van der Waals surface area contributed by atoms with E-state index in [2.05, 4.69) is 31.2 Å². The van der Waals surface area contributed by atoms with Crippen molar-refractivity contribution in [3.05, 3.63) is 45.7 Å². The second kappa shape index (κ2) is 8.97. The molecular weight excluding hydrogens is 412 g/mol. The number of aromatic nitrogens is 2. The number of aliphatic hydroxyl groups excluding tert-OH is 1. The molecule has 3 rings (SSSR count). The molecule has 0 aliphatic carbocycles. The number of halogens is 1. The van der Waals surface area contributed by atoms with Crippen molar-refractivity contribution < 1.29 is 14.6 Å². The first kappa shape index (κ1) is 20.0. The smallest absolute Gasteiger partial charge is 0.255 e. The molecule has 1 aromatic heterocycles. The highest BCUT2D eigenvalue weighted by Crippen LogP contribution is 2.19. The number of carbonyl (C=O) groups excluding carboxylic acids is 1. The maximum absolute atomic E-state index is 12.7. The van der Waals surface area contributed by atoms with Gasteiger partial charge in [-0.3, -0.25) is 9.69 Å². The highest BCUT2D eigenvalue weighted by molar-refractivity contribution is 9.10. The molecule has 1 unspecified atom stereocenters. The van der Waals surface area contributed by atoms with Crippen LogP contribution in [-0.4, -0.2) is 71.2 Å². The standard InChI is InChI=1S/C19H25BrN4O3/c1-13-18(14(2)24(22-13)16-5-3-15(20)4-6-16)19(26)21-11-17(25)12-23-7-9-27-10-8-23/h3-6,17,25H,7-12H2,1-2H3,(H,21,26). The van der Waals surface area contributed by atoms with Gasteiger partial charge in [-0.25, -0.2) is 4.68 Å². The molecule has 0 spiro atoms. The zero-order valence-corrected chi connectivity index (χ0v) is 17.2. The minimum Gasteiger partial charge on any atom is -0.390 e. The predicted octanol–water partition coefficient (Wildman–Crippen LogP) is 1.67. The van der Waals surface area contributed by atoms with Gasteiger partial charge in [-0.1, -0.05) is 15.9 Å². The molecule has 7 nitrogen and oxygen atoms in total. The first-order valence-corrected chi connectivity index (χ1v) is 9.83. The van der Waals surface area contributed by atoms with Gasteiger partial charge in [-0.05, 0) is 38.1 Å². The van der Waals surface area contributed by atoms with Gasteiger partial charge in [0.25, 0.3) is 5.91 Å². The molecule has 1 aliphatic rings. The summed E-state index contributed by atoms with van der Waals surface area (Å²) in [6.07, 6.45) is -0.616. The topological polar surface area (TPSA) is 79.6 Å². The molecule has 0 saturated carbocycles. The lowest BCUT2D eigenvalue weighted by molar-refractivity contribution is 0.0149. The van der Waals surface area contributed by atoms with Crippen molar-refractivity contribution in [3.63, 3.8) is 0 Å². The summed E-state index contributed by atoms with van der Waals surface area (Å²) < 4.78 is 8.05. The number of aryl methyl sites for hydroxylation is 1. The van der Waals surface area contributed by atoms with E-state index in [0.29, 0.717) is 31.0 Å². The number of hydrogen-bond donors (Lipinski definition) is 2. The summed E-state index contributed by atoms with van der Waals surface area (Å²) in [6, 6.07) is 7.76. The zero-order valence-electron chi connectivity index (χ0n) is 15.6. The van der Waals surface area contributed by atoms with E-state index >= 15 is 0 Å². The summed E-state index contributed by atoms with van der Waals surface area (Å²) in [6.45, 7) is 7.42. The maximum Gasteiger partial charge on any atom is 0.255 e. The number of morpholine rings is 1. The van der Waals surface area contributed by atoms with Gasteiger partial charge >= 0.3 is 0 Å². The summed E-state index contributed by atoms with van der Waals surface area (Å²) in [4.78, 5) is 14.8. The Morgan fingerprint density at radius 3 is 2.63 bits per heavy atom. The molecule has 1 atom stereocenters. The van der Waals surface area contributed by atoms with E-state index in [0.717, 1.165) is 28.9 Å². The number of β-amino-alcohol motifs (C(OH)–C–C–N with tert-alkyl or cyclic N) is 1. The van der Waals surface area contributed by atoms with Gasteiger partial charge < -0.3 is 15.2 Å². The number of benzene rings is 1. The molecule has 1 saturated heterocycles. The fourth-order valence-electron chi connectivity index (χ4n) is 3.25.